The zero-order valence-electron chi connectivity index (χ0n) is 13.4. The summed E-state index contributed by atoms with van der Waals surface area (Å²) in [6.45, 7) is 2.92. The summed E-state index contributed by atoms with van der Waals surface area (Å²) in [5.41, 5.74) is 2.20. The number of nitrogens with zero attached hydrogens (tertiary/aromatic N) is 3. The van der Waals surface area contributed by atoms with Crippen LogP contribution in [0.15, 0.2) is 48.7 Å². The maximum Gasteiger partial charge on any atom is 0.387 e. The summed E-state index contributed by atoms with van der Waals surface area (Å²) in [6, 6.07) is 12.9. The first-order chi connectivity index (χ1) is 11.7. The minimum Gasteiger partial charge on any atom is -0.435 e. The van der Waals surface area contributed by atoms with Crippen molar-refractivity contribution in [3.8, 4) is 5.75 Å². The van der Waals surface area contributed by atoms with E-state index in [0.29, 0.717) is 0 Å². The quantitative estimate of drug-likeness (QED) is 0.812. The van der Waals surface area contributed by atoms with Gasteiger partial charge in [-0.1, -0.05) is 18.2 Å². The van der Waals surface area contributed by atoms with Crippen molar-refractivity contribution in [1.82, 2.24) is 14.8 Å². The maximum absolute atomic E-state index is 12.1. The predicted octanol–water partition coefficient (Wildman–Crippen LogP) is 3.00. The van der Waals surface area contributed by atoms with Crippen LogP contribution in [0.2, 0.25) is 0 Å². The van der Waals surface area contributed by atoms with Gasteiger partial charge in [-0.25, -0.2) is 0 Å². The maximum atomic E-state index is 12.1. The summed E-state index contributed by atoms with van der Waals surface area (Å²) in [7, 11) is 0. The van der Waals surface area contributed by atoms with Crippen molar-refractivity contribution in [2.75, 3.05) is 26.2 Å². The Morgan fingerprint density at radius 3 is 2.17 bits per heavy atom. The van der Waals surface area contributed by atoms with E-state index in [1.54, 1.807) is 12.1 Å². The molecule has 4 nitrogen and oxygen atoms in total. The number of halogens is 2. The lowest BCUT2D eigenvalue weighted by molar-refractivity contribution is -0.0498. The van der Waals surface area contributed by atoms with Gasteiger partial charge in [-0.2, -0.15) is 8.78 Å². The van der Waals surface area contributed by atoms with Crippen LogP contribution in [0.4, 0.5) is 8.78 Å². The van der Waals surface area contributed by atoms with E-state index in [9.17, 15) is 8.78 Å². The Morgan fingerprint density at radius 2 is 1.58 bits per heavy atom. The van der Waals surface area contributed by atoms with Crippen LogP contribution in [0.5, 0.6) is 5.75 Å². The highest BCUT2D eigenvalue weighted by atomic mass is 19.3. The number of aromatic nitrogens is 1. The second-order valence-corrected chi connectivity index (χ2v) is 5.90. The van der Waals surface area contributed by atoms with E-state index in [-0.39, 0.29) is 5.75 Å². The molecule has 1 aromatic carbocycles. The molecule has 2 heterocycles. The van der Waals surface area contributed by atoms with Crippen molar-refractivity contribution in [3.63, 3.8) is 0 Å². The number of piperazine rings is 1. The first kappa shape index (κ1) is 16.8. The van der Waals surface area contributed by atoms with Gasteiger partial charge in [-0.05, 0) is 29.8 Å². The number of hydrogen-bond donors (Lipinski definition) is 0. The summed E-state index contributed by atoms with van der Waals surface area (Å²) in [5, 5.41) is 0. The van der Waals surface area contributed by atoms with Gasteiger partial charge in [0.05, 0.1) is 5.69 Å². The van der Waals surface area contributed by atoms with Crippen LogP contribution in [-0.4, -0.2) is 47.6 Å². The highest BCUT2D eigenvalue weighted by Crippen LogP contribution is 2.17. The fraction of sp³-hybridized carbons (Fsp3) is 0.389. The first-order valence-electron chi connectivity index (χ1n) is 8.07. The highest BCUT2D eigenvalue weighted by Gasteiger charge is 2.17. The van der Waals surface area contributed by atoms with Crippen LogP contribution < -0.4 is 4.74 Å². The number of pyridine rings is 1. The molecule has 2 aromatic rings. The zero-order valence-corrected chi connectivity index (χ0v) is 13.4. The average molecular weight is 333 g/mol. The Labute approximate surface area is 140 Å². The van der Waals surface area contributed by atoms with Gasteiger partial charge >= 0.3 is 6.61 Å². The van der Waals surface area contributed by atoms with E-state index < -0.39 is 6.61 Å². The first-order valence-corrected chi connectivity index (χ1v) is 8.07. The molecule has 6 heteroatoms. The molecule has 0 unspecified atom stereocenters. The van der Waals surface area contributed by atoms with Crippen molar-refractivity contribution in [2.45, 2.75) is 19.7 Å². The molecule has 3 rings (SSSR count). The highest BCUT2D eigenvalue weighted by molar-refractivity contribution is 5.27. The van der Waals surface area contributed by atoms with Crippen LogP contribution in [0, 0.1) is 0 Å². The average Bonchev–Trinajstić information content (AvgIpc) is 2.59. The molecule has 0 aliphatic carbocycles. The van der Waals surface area contributed by atoms with E-state index in [1.807, 2.05) is 30.5 Å². The molecule has 0 saturated carbocycles. The fourth-order valence-corrected chi connectivity index (χ4v) is 2.86. The van der Waals surface area contributed by atoms with Crippen molar-refractivity contribution < 1.29 is 13.5 Å². The Balaban J connectivity index is 1.45. The third kappa shape index (κ3) is 4.97. The van der Waals surface area contributed by atoms with Gasteiger partial charge in [-0.15, -0.1) is 0 Å². The van der Waals surface area contributed by atoms with Crippen LogP contribution >= 0.6 is 0 Å². The molecule has 0 radical (unpaired) electrons. The molecule has 1 aliphatic rings. The summed E-state index contributed by atoms with van der Waals surface area (Å²) in [4.78, 5) is 9.14. The summed E-state index contributed by atoms with van der Waals surface area (Å²) in [6.07, 6.45) is 1.83. The van der Waals surface area contributed by atoms with E-state index in [2.05, 4.69) is 25.6 Å². The topological polar surface area (TPSA) is 28.6 Å². The molecule has 0 atom stereocenters. The summed E-state index contributed by atoms with van der Waals surface area (Å²) < 4.78 is 28.7. The predicted molar refractivity (Wildman–Crippen MR) is 87.9 cm³/mol. The molecular formula is C18H21F2N3O. The van der Waals surface area contributed by atoms with Gasteiger partial charge in [-0.3, -0.25) is 14.8 Å². The summed E-state index contributed by atoms with van der Waals surface area (Å²) in [5.74, 6) is 0.203. The largest absolute Gasteiger partial charge is 0.435 e. The molecule has 128 valence electrons. The second kappa shape index (κ2) is 8.17. The zero-order chi connectivity index (χ0) is 16.8. The summed E-state index contributed by atoms with van der Waals surface area (Å²) >= 11 is 0. The van der Waals surface area contributed by atoms with E-state index >= 15 is 0 Å². The molecule has 0 bridgehead atoms. The van der Waals surface area contributed by atoms with E-state index in [0.717, 1.165) is 50.5 Å². The Bertz CT molecular complexity index is 614. The Morgan fingerprint density at radius 1 is 0.917 bits per heavy atom. The molecule has 1 aliphatic heterocycles. The normalized spacial score (nSPS) is 16.5. The molecule has 0 N–H and O–H groups in total. The molecule has 1 saturated heterocycles. The van der Waals surface area contributed by atoms with E-state index in [1.165, 1.54) is 0 Å². The van der Waals surface area contributed by atoms with Gasteiger partial charge in [0.1, 0.15) is 5.75 Å². The van der Waals surface area contributed by atoms with Crippen molar-refractivity contribution >= 4 is 0 Å². The van der Waals surface area contributed by atoms with Gasteiger partial charge in [0.25, 0.3) is 0 Å². The third-order valence-electron chi connectivity index (χ3n) is 4.13. The smallest absolute Gasteiger partial charge is 0.387 e. The second-order valence-electron chi connectivity index (χ2n) is 5.90. The Kier molecular flexibility index (Phi) is 5.72. The minimum atomic E-state index is -2.77. The fourth-order valence-electron chi connectivity index (χ4n) is 2.86. The molecule has 24 heavy (non-hydrogen) atoms. The van der Waals surface area contributed by atoms with Gasteiger partial charge < -0.3 is 4.74 Å². The van der Waals surface area contributed by atoms with Crippen molar-refractivity contribution in [2.24, 2.45) is 0 Å². The van der Waals surface area contributed by atoms with E-state index in [4.69, 9.17) is 0 Å². The minimum absolute atomic E-state index is 0.203. The van der Waals surface area contributed by atoms with Crippen LogP contribution in [0.25, 0.3) is 0 Å². The van der Waals surface area contributed by atoms with Crippen LogP contribution in [-0.2, 0) is 13.1 Å². The van der Waals surface area contributed by atoms with Gasteiger partial charge in [0, 0.05) is 45.5 Å². The molecule has 1 aromatic heterocycles. The third-order valence-corrected chi connectivity index (χ3v) is 4.13. The van der Waals surface area contributed by atoms with Crippen LogP contribution in [0.1, 0.15) is 11.3 Å². The molecule has 0 spiro atoms. The van der Waals surface area contributed by atoms with Crippen LogP contribution in [0.3, 0.4) is 0 Å². The lowest BCUT2D eigenvalue weighted by Gasteiger charge is -2.34. The lowest BCUT2D eigenvalue weighted by atomic mass is 10.2. The molecule has 1 fully saturated rings. The molecular weight excluding hydrogens is 312 g/mol. The lowest BCUT2D eigenvalue weighted by Crippen LogP contribution is -2.45. The number of rotatable bonds is 6. The monoisotopic (exact) mass is 333 g/mol. The van der Waals surface area contributed by atoms with Gasteiger partial charge in [0.15, 0.2) is 0 Å². The Hall–Kier alpha value is -2.05. The number of ether oxygens (including phenoxy) is 1. The number of hydrogen-bond acceptors (Lipinski definition) is 4. The standard InChI is InChI=1S/C18H21F2N3O/c19-18(20)24-17-6-4-15(5-7-17)13-22-9-11-23(12-10-22)14-16-3-1-2-8-21-16/h1-8,18H,9-14H2. The SMILES string of the molecule is FC(F)Oc1ccc(CN2CCN(Cc3ccccn3)CC2)cc1. The van der Waals surface area contributed by atoms with Crippen molar-refractivity contribution in [3.05, 3.63) is 59.9 Å². The molecule has 0 amide bonds. The number of alkyl halides is 2. The number of benzene rings is 1. The van der Waals surface area contributed by atoms with Crippen molar-refractivity contribution in [1.29, 1.82) is 0 Å². The van der Waals surface area contributed by atoms with Gasteiger partial charge in [0.2, 0.25) is 0 Å².